The Hall–Kier alpha value is -1.36. The Kier molecular flexibility index (Phi) is 2.96. The number of carbonyl (C=O) groups is 1. The third-order valence-electron chi connectivity index (χ3n) is 3.29. The van der Waals surface area contributed by atoms with Crippen LogP contribution in [0, 0.1) is 0 Å². The van der Waals surface area contributed by atoms with E-state index >= 15 is 0 Å². The lowest BCUT2D eigenvalue weighted by Crippen LogP contribution is -2.58. The predicted octanol–water partition coefficient (Wildman–Crippen LogP) is -0.0398. The average molecular weight is 222 g/mol. The molecule has 1 saturated carbocycles. The van der Waals surface area contributed by atoms with Crippen LogP contribution in [0.5, 0.6) is 0 Å². The van der Waals surface area contributed by atoms with Gasteiger partial charge in [0.15, 0.2) is 0 Å². The molecule has 0 saturated heterocycles. The highest BCUT2D eigenvalue weighted by Gasteiger charge is 2.39. The van der Waals surface area contributed by atoms with Crippen LogP contribution in [0.4, 0.5) is 0 Å². The number of carbonyl (C=O) groups excluding carboxylic acids is 1. The lowest BCUT2D eigenvalue weighted by molar-refractivity contribution is -0.129. The highest BCUT2D eigenvalue weighted by molar-refractivity contribution is 5.86. The molecule has 1 heterocycles. The Bertz CT molecular complexity index is 381. The minimum absolute atomic E-state index is 0.0130. The first-order valence-corrected chi connectivity index (χ1v) is 5.66. The second-order valence-corrected chi connectivity index (χ2v) is 4.46. The molecule has 5 nitrogen and oxygen atoms in total. The zero-order valence-electron chi connectivity index (χ0n) is 9.57. The Morgan fingerprint density at radius 2 is 2.44 bits per heavy atom. The fourth-order valence-corrected chi connectivity index (χ4v) is 1.91. The van der Waals surface area contributed by atoms with Crippen LogP contribution in [0.25, 0.3) is 0 Å². The summed E-state index contributed by atoms with van der Waals surface area (Å²) in [6.45, 7) is 0.622. The number of aromatic nitrogens is 2. The number of rotatable bonds is 4. The summed E-state index contributed by atoms with van der Waals surface area (Å²) < 4.78 is 1.81. The normalized spacial score (nSPS) is 17.9. The van der Waals surface area contributed by atoms with Crippen molar-refractivity contribution < 1.29 is 4.79 Å². The predicted molar refractivity (Wildman–Crippen MR) is 60.7 cm³/mol. The maximum absolute atomic E-state index is 11.7. The monoisotopic (exact) mass is 222 g/mol. The fraction of sp³-hybridized carbons (Fsp3) is 0.636. The third-order valence-corrected chi connectivity index (χ3v) is 3.29. The first-order valence-electron chi connectivity index (χ1n) is 5.66. The van der Waals surface area contributed by atoms with E-state index in [0.717, 1.165) is 31.4 Å². The summed E-state index contributed by atoms with van der Waals surface area (Å²) in [5.74, 6) is -0.0130. The zero-order chi connectivity index (χ0) is 11.6. The molecule has 1 aromatic rings. The molecule has 16 heavy (non-hydrogen) atoms. The summed E-state index contributed by atoms with van der Waals surface area (Å²) in [7, 11) is 1.90. The Morgan fingerprint density at radius 1 is 1.69 bits per heavy atom. The first-order chi connectivity index (χ1) is 7.62. The molecule has 88 valence electrons. The zero-order valence-corrected chi connectivity index (χ0v) is 9.57. The van der Waals surface area contributed by atoms with Crippen molar-refractivity contribution in [3.05, 3.63) is 18.0 Å². The van der Waals surface area contributed by atoms with Gasteiger partial charge < -0.3 is 11.1 Å². The number of hydrogen-bond acceptors (Lipinski definition) is 3. The molecular formula is C11H18N4O. The van der Waals surface area contributed by atoms with Crippen molar-refractivity contribution >= 4 is 5.91 Å². The van der Waals surface area contributed by atoms with Gasteiger partial charge in [-0.1, -0.05) is 0 Å². The van der Waals surface area contributed by atoms with Crippen LogP contribution in [0.2, 0.25) is 0 Å². The maximum atomic E-state index is 11.7. The highest BCUT2D eigenvalue weighted by Crippen LogP contribution is 2.28. The highest BCUT2D eigenvalue weighted by atomic mass is 16.2. The summed E-state index contributed by atoms with van der Waals surface area (Å²) >= 11 is 0. The largest absolute Gasteiger partial charge is 0.354 e. The fourth-order valence-electron chi connectivity index (χ4n) is 1.91. The number of nitrogens with zero attached hydrogens (tertiary/aromatic N) is 2. The van der Waals surface area contributed by atoms with Crippen molar-refractivity contribution in [3.63, 3.8) is 0 Å². The van der Waals surface area contributed by atoms with Gasteiger partial charge in [-0.15, -0.1) is 0 Å². The van der Waals surface area contributed by atoms with Gasteiger partial charge in [-0.25, -0.2) is 0 Å². The molecule has 0 unspecified atom stereocenters. The Labute approximate surface area is 95.0 Å². The minimum Gasteiger partial charge on any atom is -0.354 e. The molecule has 0 spiro atoms. The van der Waals surface area contributed by atoms with E-state index in [2.05, 4.69) is 10.4 Å². The summed E-state index contributed by atoms with van der Waals surface area (Å²) in [4.78, 5) is 11.7. The van der Waals surface area contributed by atoms with Crippen molar-refractivity contribution in [2.24, 2.45) is 12.8 Å². The molecule has 2 rings (SSSR count). The molecule has 1 amide bonds. The van der Waals surface area contributed by atoms with Crippen LogP contribution in [0.15, 0.2) is 12.3 Å². The van der Waals surface area contributed by atoms with Gasteiger partial charge in [0.25, 0.3) is 0 Å². The van der Waals surface area contributed by atoms with Crippen molar-refractivity contribution in [1.29, 1.82) is 0 Å². The number of hydrogen-bond donors (Lipinski definition) is 2. The number of nitrogens with two attached hydrogens (primary N) is 1. The number of nitrogens with one attached hydrogen (secondary N) is 1. The second-order valence-electron chi connectivity index (χ2n) is 4.46. The summed E-state index contributed by atoms with van der Waals surface area (Å²) in [6.07, 6.45) is 5.23. The standard InChI is InChI=1S/C11H18N4O/c1-15-9(4-8-14-15)3-7-13-10(16)11(12)5-2-6-11/h4,8H,2-3,5-7,12H2,1H3,(H,13,16). The molecule has 0 aromatic carbocycles. The summed E-state index contributed by atoms with van der Waals surface area (Å²) in [5.41, 5.74) is 6.43. The molecule has 0 bridgehead atoms. The van der Waals surface area contributed by atoms with E-state index in [4.69, 9.17) is 5.73 Å². The summed E-state index contributed by atoms with van der Waals surface area (Å²) in [6, 6.07) is 1.95. The van der Waals surface area contributed by atoms with Crippen LogP contribution < -0.4 is 11.1 Å². The van der Waals surface area contributed by atoms with Gasteiger partial charge in [-0.3, -0.25) is 9.48 Å². The van der Waals surface area contributed by atoms with E-state index in [-0.39, 0.29) is 5.91 Å². The van der Waals surface area contributed by atoms with Gasteiger partial charge in [0, 0.05) is 31.9 Å². The molecule has 1 aliphatic rings. The van der Waals surface area contributed by atoms with Gasteiger partial charge in [0.2, 0.25) is 5.91 Å². The van der Waals surface area contributed by atoms with E-state index in [1.807, 2.05) is 17.8 Å². The molecule has 5 heteroatoms. The van der Waals surface area contributed by atoms with Gasteiger partial charge in [0.05, 0.1) is 5.54 Å². The van der Waals surface area contributed by atoms with Crippen molar-refractivity contribution in [2.45, 2.75) is 31.2 Å². The van der Waals surface area contributed by atoms with E-state index < -0.39 is 5.54 Å². The Morgan fingerprint density at radius 3 is 2.94 bits per heavy atom. The molecule has 0 radical (unpaired) electrons. The minimum atomic E-state index is -0.591. The molecule has 0 aliphatic heterocycles. The molecule has 0 atom stereocenters. The number of aryl methyl sites for hydroxylation is 1. The van der Waals surface area contributed by atoms with E-state index in [9.17, 15) is 4.79 Å². The number of amides is 1. The topological polar surface area (TPSA) is 72.9 Å². The molecule has 3 N–H and O–H groups in total. The van der Waals surface area contributed by atoms with Crippen LogP contribution >= 0.6 is 0 Å². The van der Waals surface area contributed by atoms with Gasteiger partial charge in [-0.05, 0) is 25.3 Å². The lowest BCUT2D eigenvalue weighted by atomic mass is 9.77. The summed E-state index contributed by atoms with van der Waals surface area (Å²) in [5, 5.41) is 6.96. The van der Waals surface area contributed by atoms with Crippen LogP contribution in [0.3, 0.4) is 0 Å². The van der Waals surface area contributed by atoms with E-state index in [0.29, 0.717) is 6.54 Å². The second kappa shape index (κ2) is 4.25. The van der Waals surface area contributed by atoms with E-state index in [1.54, 1.807) is 6.20 Å². The van der Waals surface area contributed by atoms with Crippen LogP contribution in [-0.2, 0) is 18.3 Å². The molecule has 1 aromatic heterocycles. The van der Waals surface area contributed by atoms with Crippen molar-refractivity contribution in [2.75, 3.05) is 6.54 Å². The third kappa shape index (κ3) is 2.09. The van der Waals surface area contributed by atoms with Gasteiger partial charge >= 0.3 is 0 Å². The smallest absolute Gasteiger partial charge is 0.240 e. The average Bonchev–Trinajstić information content (AvgIpc) is 2.61. The van der Waals surface area contributed by atoms with Crippen LogP contribution in [0.1, 0.15) is 25.0 Å². The van der Waals surface area contributed by atoms with Gasteiger partial charge in [0.1, 0.15) is 0 Å². The van der Waals surface area contributed by atoms with E-state index in [1.165, 1.54) is 0 Å². The van der Waals surface area contributed by atoms with Crippen molar-refractivity contribution in [3.8, 4) is 0 Å². The molecule has 1 fully saturated rings. The maximum Gasteiger partial charge on any atom is 0.240 e. The Balaban J connectivity index is 1.76. The first kappa shape index (κ1) is 11.1. The SMILES string of the molecule is Cn1nccc1CCNC(=O)C1(N)CCC1. The molecular weight excluding hydrogens is 204 g/mol. The quantitative estimate of drug-likeness (QED) is 0.750. The van der Waals surface area contributed by atoms with Gasteiger partial charge in [-0.2, -0.15) is 5.10 Å². The molecule has 1 aliphatic carbocycles. The van der Waals surface area contributed by atoms with Crippen LogP contribution in [-0.4, -0.2) is 27.8 Å². The lowest BCUT2D eigenvalue weighted by Gasteiger charge is -2.36. The van der Waals surface area contributed by atoms with Crippen molar-refractivity contribution in [1.82, 2.24) is 15.1 Å².